The summed E-state index contributed by atoms with van der Waals surface area (Å²) in [5.74, 6) is -0.391. The zero-order chi connectivity index (χ0) is 13.6. The molecule has 1 aliphatic carbocycles. The van der Waals surface area contributed by atoms with Crippen LogP contribution in [0.1, 0.15) is 32.6 Å². The quantitative estimate of drug-likeness (QED) is 0.781. The fourth-order valence-corrected chi connectivity index (χ4v) is 3.28. The van der Waals surface area contributed by atoms with Crippen LogP contribution < -0.4 is 0 Å². The van der Waals surface area contributed by atoms with Crippen molar-refractivity contribution in [1.82, 2.24) is 9.55 Å². The van der Waals surface area contributed by atoms with Gasteiger partial charge in [-0.25, -0.2) is 4.39 Å². The van der Waals surface area contributed by atoms with Crippen LogP contribution in [0, 0.1) is 16.0 Å². The van der Waals surface area contributed by atoms with Crippen LogP contribution in [0.3, 0.4) is 0 Å². The Kier molecular flexibility index (Phi) is 3.18. The minimum atomic E-state index is -0.391. The maximum atomic E-state index is 13.6. The Morgan fingerprint density at radius 1 is 1.47 bits per heavy atom. The van der Waals surface area contributed by atoms with E-state index in [9.17, 15) is 4.39 Å². The Morgan fingerprint density at radius 2 is 2.21 bits per heavy atom. The van der Waals surface area contributed by atoms with E-state index in [4.69, 9.17) is 23.8 Å². The van der Waals surface area contributed by atoms with Gasteiger partial charge in [-0.15, -0.1) is 0 Å². The van der Waals surface area contributed by atoms with Gasteiger partial charge in [0.05, 0.1) is 16.1 Å². The second-order valence-corrected chi connectivity index (χ2v) is 6.34. The number of halogens is 2. The van der Waals surface area contributed by atoms with Crippen LogP contribution in [0.25, 0.3) is 11.0 Å². The number of imidazole rings is 1. The topological polar surface area (TPSA) is 20.7 Å². The van der Waals surface area contributed by atoms with Gasteiger partial charge < -0.3 is 9.55 Å². The van der Waals surface area contributed by atoms with Crippen molar-refractivity contribution in [3.8, 4) is 0 Å². The lowest BCUT2D eigenvalue weighted by Gasteiger charge is -2.15. The molecule has 0 radical (unpaired) electrons. The molecule has 2 aromatic rings. The number of rotatable bonds is 4. The van der Waals surface area contributed by atoms with Gasteiger partial charge in [0, 0.05) is 12.6 Å². The first-order valence-electron chi connectivity index (χ1n) is 6.62. The van der Waals surface area contributed by atoms with Gasteiger partial charge in [0.15, 0.2) is 4.77 Å². The number of nitrogens with zero attached hydrogens (tertiary/aromatic N) is 1. The van der Waals surface area contributed by atoms with E-state index in [2.05, 4.69) is 11.9 Å². The van der Waals surface area contributed by atoms with Crippen LogP contribution in [0.4, 0.5) is 4.39 Å². The number of hydrogen-bond donors (Lipinski definition) is 1. The summed E-state index contributed by atoms with van der Waals surface area (Å²) in [4.78, 5) is 3.11. The predicted octanol–water partition coefficient (Wildman–Crippen LogP) is 5.07. The Hall–Kier alpha value is -0.870. The first-order chi connectivity index (χ1) is 9.04. The lowest BCUT2D eigenvalue weighted by molar-refractivity contribution is 0.391. The number of benzene rings is 1. The Balaban J connectivity index is 2.06. The molecule has 1 aliphatic rings. The lowest BCUT2D eigenvalue weighted by Crippen LogP contribution is -2.11. The normalized spacial score (nSPS) is 17.0. The predicted molar refractivity (Wildman–Crippen MR) is 78.7 cm³/mol. The molecule has 0 bridgehead atoms. The molecule has 3 rings (SSSR count). The molecule has 5 heteroatoms. The second-order valence-electron chi connectivity index (χ2n) is 5.55. The maximum absolute atomic E-state index is 13.6. The number of nitrogens with one attached hydrogen (secondary N) is 1. The minimum absolute atomic E-state index is 0.130. The number of fused-ring (bicyclic) bond motifs is 1. The maximum Gasteiger partial charge on any atom is 0.178 e. The summed E-state index contributed by atoms with van der Waals surface area (Å²) in [6.07, 6.45) is 4.87. The molecule has 0 saturated heterocycles. The molecule has 1 aromatic heterocycles. The van der Waals surface area contributed by atoms with Gasteiger partial charge in [-0.05, 0) is 43.0 Å². The molecule has 1 saturated carbocycles. The molecule has 0 amide bonds. The highest BCUT2D eigenvalue weighted by Crippen LogP contribution is 2.51. The van der Waals surface area contributed by atoms with Crippen molar-refractivity contribution in [2.45, 2.75) is 39.2 Å². The van der Waals surface area contributed by atoms with Crippen LogP contribution in [0.5, 0.6) is 0 Å². The third-order valence-corrected chi connectivity index (χ3v) is 4.66. The SMILES string of the molecule is CCCC1(Cn2c(=S)[nH]c3cc(Cl)c(F)cc32)CC1. The van der Waals surface area contributed by atoms with Crippen molar-refractivity contribution >= 4 is 34.9 Å². The monoisotopic (exact) mass is 298 g/mol. The Morgan fingerprint density at radius 3 is 2.84 bits per heavy atom. The molecule has 19 heavy (non-hydrogen) atoms. The molecule has 102 valence electrons. The average molecular weight is 299 g/mol. The smallest absolute Gasteiger partial charge is 0.178 e. The van der Waals surface area contributed by atoms with E-state index >= 15 is 0 Å². The number of aromatic nitrogens is 2. The van der Waals surface area contributed by atoms with E-state index in [1.165, 1.54) is 31.7 Å². The Bertz CT molecular complexity index is 685. The van der Waals surface area contributed by atoms with Crippen molar-refractivity contribution in [3.05, 3.63) is 27.7 Å². The zero-order valence-corrected chi connectivity index (χ0v) is 12.4. The van der Waals surface area contributed by atoms with Crippen molar-refractivity contribution in [2.75, 3.05) is 0 Å². The third kappa shape index (κ3) is 2.32. The molecule has 2 nitrogen and oxygen atoms in total. The van der Waals surface area contributed by atoms with Gasteiger partial charge in [-0.2, -0.15) is 0 Å². The molecule has 0 spiro atoms. The van der Waals surface area contributed by atoms with Crippen LogP contribution in [-0.4, -0.2) is 9.55 Å². The van der Waals surface area contributed by atoms with Gasteiger partial charge in [0.25, 0.3) is 0 Å². The summed E-state index contributed by atoms with van der Waals surface area (Å²) >= 11 is 11.2. The molecule has 0 aliphatic heterocycles. The average Bonchev–Trinajstić information content (AvgIpc) is 3.05. The van der Waals surface area contributed by atoms with Crippen LogP contribution >= 0.6 is 23.8 Å². The highest BCUT2D eigenvalue weighted by Gasteiger charge is 2.42. The van der Waals surface area contributed by atoms with Gasteiger partial charge >= 0.3 is 0 Å². The van der Waals surface area contributed by atoms with Crippen molar-refractivity contribution < 1.29 is 4.39 Å². The van der Waals surface area contributed by atoms with E-state index in [1.807, 2.05) is 4.57 Å². The molecule has 1 fully saturated rings. The Labute approximate surface area is 121 Å². The van der Waals surface area contributed by atoms with Gasteiger partial charge in [0.1, 0.15) is 5.82 Å². The standard InChI is InChI=1S/C14H16ClFN2S/c1-2-3-14(4-5-14)8-18-12-7-10(16)9(15)6-11(12)17-13(18)19/h6-7H,2-5,8H2,1H3,(H,17,19). The summed E-state index contributed by atoms with van der Waals surface area (Å²) in [6, 6.07) is 3.09. The number of H-pyrrole nitrogens is 1. The molecule has 1 aromatic carbocycles. The largest absolute Gasteiger partial charge is 0.331 e. The molecular formula is C14H16ClFN2S. The summed E-state index contributed by atoms with van der Waals surface area (Å²) in [5, 5.41) is 0.130. The second kappa shape index (κ2) is 4.60. The van der Waals surface area contributed by atoms with Crippen molar-refractivity contribution in [3.63, 3.8) is 0 Å². The van der Waals surface area contributed by atoms with Crippen LogP contribution in [0.2, 0.25) is 5.02 Å². The summed E-state index contributed by atoms with van der Waals surface area (Å²) in [7, 11) is 0. The number of aromatic amines is 1. The zero-order valence-electron chi connectivity index (χ0n) is 10.8. The van der Waals surface area contributed by atoms with Crippen LogP contribution in [-0.2, 0) is 6.54 Å². The highest BCUT2D eigenvalue weighted by molar-refractivity contribution is 7.71. The van der Waals surface area contributed by atoms with E-state index in [1.54, 1.807) is 6.07 Å². The van der Waals surface area contributed by atoms with Gasteiger partial charge in [-0.3, -0.25) is 0 Å². The lowest BCUT2D eigenvalue weighted by atomic mass is 10.0. The fraction of sp³-hybridized carbons (Fsp3) is 0.500. The molecule has 1 heterocycles. The highest BCUT2D eigenvalue weighted by atomic mass is 35.5. The van der Waals surface area contributed by atoms with Gasteiger partial charge in [0.2, 0.25) is 0 Å². The first kappa shape index (κ1) is 13.1. The van der Waals surface area contributed by atoms with Gasteiger partial charge in [-0.1, -0.05) is 24.9 Å². The fourth-order valence-electron chi connectivity index (χ4n) is 2.84. The molecule has 0 unspecified atom stereocenters. The van der Waals surface area contributed by atoms with E-state index in [-0.39, 0.29) is 5.02 Å². The van der Waals surface area contributed by atoms with Crippen molar-refractivity contribution in [1.29, 1.82) is 0 Å². The van der Waals surface area contributed by atoms with E-state index < -0.39 is 5.82 Å². The molecular weight excluding hydrogens is 283 g/mol. The minimum Gasteiger partial charge on any atom is -0.331 e. The van der Waals surface area contributed by atoms with Crippen molar-refractivity contribution in [2.24, 2.45) is 5.41 Å². The summed E-state index contributed by atoms with van der Waals surface area (Å²) < 4.78 is 16.3. The third-order valence-electron chi connectivity index (χ3n) is 4.05. The number of hydrogen-bond acceptors (Lipinski definition) is 1. The molecule has 0 atom stereocenters. The first-order valence-corrected chi connectivity index (χ1v) is 7.41. The van der Waals surface area contributed by atoms with E-state index in [0.717, 1.165) is 17.6 Å². The molecule has 1 N–H and O–H groups in total. The summed E-state index contributed by atoms with van der Waals surface area (Å²) in [6.45, 7) is 3.08. The van der Waals surface area contributed by atoms with E-state index in [0.29, 0.717) is 10.2 Å². The summed E-state index contributed by atoms with van der Waals surface area (Å²) in [5.41, 5.74) is 2.00. The van der Waals surface area contributed by atoms with Crippen LogP contribution in [0.15, 0.2) is 12.1 Å².